The number of hydrogen-bond donors (Lipinski definition) is 2. The number of aromatic nitrogens is 1. The first-order valence-corrected chi connectivity index (χ1v) is 7.31. The number of nitrogens with one attached hydrogen (secondary N) is 1. The zero-order chi connectivity index (χ0) is 16.6. The van der Waals surface area contributed by atoms with Gasteiger partial charge < -0.3 is 19.4 Å². The van der Waals surface area contributed by atoms with Gasteiger partial charge in [0.15, 0.2) is 0 Å². The van der Waals surface area contributed by atoms with Crippen LogP contribution in [0.4, 0.5) is 0 Å². The third-order valence-electron chi connectivity index (χ3n) is 3.81. The lowest BCUT2D eigenvalue weighted by Crippen LogP contribution is -2.38. The molecule has 0 fully saturated rings. The summed E-state index contributed by atoms with van der Waals surface area (Å²) in [5.74, 6) is 0.513. The van der Waals surface area contributed by atoms with Gasteiger partial charge >= 0.3 is 0 Å². The molecule has 23 heavy (non-hydrogen) atoms. The topological polar surface area (TPSA) is 88.5 Å². The summed E-state index contributed by atoms with van der Waals surface area (Å²) in [6.45, 7) is 4.98. The van der Waals surface area contributed by atoms with Crippen LogP contribution in [-0.2, 0) is 5.60 Å². The Morgan fingerprint density at radius 2 is 2.09 bits per heavy atom. The molecule has 2 heterocycles. The van der Waals surface area contributed by atoms with Gasteiger partial charge in [-0.05, 0) is 32.9 Å². The lowest BCUT2D eigenvalue weighted by molar-refractivity contribution is 0.0344. The fraction of sp³-hybridized carbons (Fsp3) is 0.294. The van der Waals surface area contributed by atoms with Crippen molar-refractivity contribution in [1.29, 1.82) is 0 Å². The minimum atomic E-state index is -1.33. The van der Waals surface area contributed by atoms with E-state index in [-0.39, 0.29) is 12.5 Å². The number of aliphatic hydroxyl groups is 1. The van der Waals surface area contributed by atoms with Crippen LogP contribution in [0.3, 0.4) is 0 Å². The fourth-order valence-corrected chi connectivity index (χ4v) is 2.48. The first kappa shape index (κ1) is 15.3. The minimum absolute atomic E-state index is 0.00964. The summed E-state index contributed by atoms with van der Waals surface area (Å²) in [6, 6.07) is 9.27. The molecule has 1 amide bonds. The van der Waals surface area contributed by atoms with E-state index >= 15 is 0 Å². The van der Waals surface area contributed by atoms with Crippen LogP contribution in [0, 0.1) is 13.8 Å². The molecule has 0 bridgehead atoms. The predicted molar refractivity (Wildman–Crippen MR) is 84.1 cm³/mol. The molecule has 0 saturated heterocycles. The molecule has 0 aliphatic heterocycles. The van der Waals surface area contributed by atoms with Crippen LogP contribution in [0.5, 0.6) is 0 Å². The maximum absolute atomic E-state index is 12.2. The van der Waals surface area contributed by atoms with Gasteiger partial charge in [-0.25, -0.2) is 0 Å². The molecule has 1 unspecified atom stereocenters. The molecule has 0 radical (unpaired) electrons. The SMILES string of the molecule is Cc1noc(C)c1C(=O)NCC(C)(O)c1cc2ccccc2o1. The number of nitrogens with zero attached hydrogens (tertiary/aromatic N) is 1. The van der Waals surface area contributed by atoms with Crippen molar-refractivity contribution in [2.24, 2.45) is 0 Å². The molecule has 3 aromatic rings. The molecular formula is C17H18N2O4. The van der Waals surface area contributed by atoms with Crippen molar-refractivity contribution in [3.05, 3.63) is 53.1 Å². The van der Waals surface area contributed by atoms with E-state index in [9.17, 15) is 9.90 Å². The van der Waals surface area contributed by atoms with E-state index in [4.69, 9.17) is 8.94 Å². The maximum atomic E-state index is 12.2. The predicted octanol–water partition coefficient (Wildman–Crippen LogP) is 2.68. The standard InChI is InChI=1S/C17H18N2O4/c1-10-15(11(2)23-19-10)16(20)18-9-17(3,21)14-8-12-6-4-5-7-13(12)22-14/h4-8,21H,9H2,1-3H3,(H,18,20). The summed E-state index contributed by atoms with van der Waals surface area (Å²) in [6.07, 6.45) is 0. The van der Waals surface area contributed by atoms with Gasteiger partial charge in [0.05, 0.1) is 12.2 Å². The Morgan fingerprint density at radius 3 is 2.74 bits per heavy atom. The van der Waals surface area contributed by atoms with Gasteiger partial charge in [0.2, 0.25) is 0 Å². The quantitative estimate of drug-likeness (QED) is 0.773. The van der Waals surface area contributed by atoms with Crippen LogP contribution in [0.1, 0.15) is 34.5 Å². The number of carbonyl (C=O) groups is 1. The van der Waals surface area contributed by atoms with E-state index in [1.54, 1.807) is 26.8 Å². The van der Waals surface area contributed by atoms with Gasteiger partial charge in [-0.1, -0.05) is 23.4 Å². The van der Waals surface area contributed by atoms with E-state index in [0.29, 0.717) is 28.4 Å². The summed E-state index contributed by atoms with van der Waals surface area (Å²) in [5, 5.41) is 18.0. The summed E-state index contributed by atoms with van der Waals surface area (Å²) in [5.41, 5.74) is 0.279. The zero-order valence-electron chi connectivity index (χ0n) is 13.2. The summed E-state index contributed by atoms with van der Waals surface area (Å²) < 4.78 is 10.7. The molecule has 2 aromatic heterocycles. The number of carbonyl (C=O) groups excluding carboxylic acids is 1. The molecule has 0 saturated carbocycles. The smallest absolute Gasteiger partial charge is 0.256 e. The van der Waals surface area contributed by atoms with Gasteiger partial charge in [0.1, 0.15) is 28.3 Å². The summed E-state index contributed by atoms with van der Waals surface area (Å²) >= 11 is 0. The Hall–Kier alpha value is -2.60. The highest BCUT2D eigenvalue weighted by Gasteiger charge is 2.29. The van der Waals surface area contributed by atoms with Crippen molar-refractivity contribution in [2.45, 2.75) is 26.4 Å². The second-order valence-corrected chi connectivity index (χ2v) is 5.80. The van der Waals surface area contributed by atoms with Gasteiger partial charge in [-0.2, -0.15) is 0 Å². The van der Waals surface area contributed by atoms with Crippen LogP contribution >= 0.6 is 0 Å². The van der Waals surface area contributed by atoms with Crippen LogP contribution in [0.25, 0.3) is 11.0 Å². The molecular weight excluding hydrogens is 296 g/mol. The van der Waals surface area contributed by atoms with Crippen LogP contribution < -0.4 is 5.32 Å². The molecule has 2 N–H and O–H groups in total. The Bertz CT molecular complexity index is 808. The van der Waals surface area contributed by atoms with E-state index < -0.39 is 5.60 Å². The van der Waals surface area contributed by atoms with Crippen LogP contribution in [0.15, 0.2) is 39.3 Å². The van der Waals surface area contributed by atoms with E-state index in [0.717, 1.165) is 5.39 Å². The van der Waals surface area contributed by atoms with Crippen molar-refractivity contribution < 1.29 is 18.8 Å². The summed E-state index contributed by atoms with van der Waals surface area (Å²) in [4.78, 5) is 12.2. The van der Waals surface area contributed by atoms with Crippen molar-refractivity contribution in [2.75, 3.05) is 6.54 Å². The summed E-state index contributed by atoms with van der Waals surface area (Å²) in [7, 11) is 0. The van der Waals surface area contributed by atoms with Crippen LogP contribution in [-0.4, -0.2) is 22.7 Å². The lowest BCUT2D eigenvalue weighted by atomic mass is 10.0. The number of benzene rings is 1. The Morgan fingerprint density at radius 1 is 1.35 bits per heavy atom. The van der Waals surface area contributed by atoms with Crippen molar-refractivity contribution in [1.82, 2.24) is 10.5 Å². The average Bonchev–Trinajstić information content (AvgIpc) is 3.09. The number of para-hydroxylation sites is 1. The number of furan rings is 1. The largest absolute Gasteiger partial charge is 0.458 e. The number of hydrogen-bond acceptors (Lipinski definition) is 5. The van der Waals surface area contributed by atoms with Gasteiger partial charge in [-0.3, -0.25) is 4.79 Å². The number of aryl methyl sites for hydroxylation is 2. The molecule has 1 aromatic carbocycles. The Labute approximate surface area is 133 Å². The van der Waals surface area contributed by atoms with E-state index in [1.165, 1.54) is 0 Å². The third kappa shape index (κ3) is 2.85. The highest BCUT2D eigenvalue weighted by molar-refractivity contribution is 5.96. The average molecular weight is 314 g/mol. The van der Waals surface area contributed by atoms with Gasteiger partial charge in [0.25, 0.3) is 5.91 Å². The van der Waals surface area contributed by atoms with E-state index in [2.05, 4.69) is 10.5 Å². The van der Waals surface area contributed by atoms with E-state index in [1.807, 2.05) is 24.3 Å². The molecule has 0 spiro atoms. The molecule has 1 atom stereocenters. The number of amides is 1. The number of rotatable bonds is 4. The molecule has 6 heteroatoms. The fourth-order valence-electron chi connectivity index (χ4n) is 2.48. The van der Waals surface area contributed by atoms with Gasteiger partial charge in [-0.15, -0.1) is 0 Å². The molecule has 0 aliphatic rings. The van der Waals surface area contributed by atoms with Crippen molar-refractivity contribution >= 4 is 16.9 Å². The first-order valence-electron chi connectivity index (χ1n) is 7.31. The van der Waals surface area contributed by atoms with Gasteiger partial charge in [0, 0.05) is 5.39 Å². The van der Waals surface area contributed by atoms with Crippen LogP contribution in [0.2, 0.25) is 0 Å². The third-order valence-corrected chi connectivity index (χ3v) is 3.81. The zero-order valence-corrected chi connectivity index (χ0v) is 13.2. The highest BCUT2D eigenvalue weighted by atomic mass is 16.5. The minimum Gasteiger partial charge on any atom is -0.458 e. The Balaban J connectivity index is 1.77. The van der Waals surface area contributed by atoms with Crippen molar-refractivity contribution in [3.63, 3.8) is 0 Å². The normalized spacial score (nSPS) is 13.9. The first-order chi connectivity index (χ1) is 10.9. The second kappa shape index (κ2) is 5.55. The molecule has 6 nitrogen and oxygen atoms in total. The van der Waals surface area contributed by atoms with Crippen molar-refractivity contribution in [3.8, 4) is 0 Å². The Kier molecular flexibility index (Phi) is 3.69. The monoisotopic (exact) mass is 314 g/mol. The second-order valence-electron chi connectivity index (χ2n) is 5.80. The lowest BCUT2D eigenvalue weighted by Gasteiger charge is -2.21. The highest BCUT2D eigenvalue weighted by Crippen LogP contribution is 2.27. The molecule has 3 rings (SSSR count). The molecule has 0 aliphatic carbocycles. The number of fused-ring (bicyclic) bond motifs is 1. The molecule has 120 valence electrons. The maximum Gasteiger partial charge on any atom is 0.256 e.